The number of hydrogen-bond donors (Lipinski definition) is 1. The summed E-state index contributed by atoms with van der Waals surface area (Å²) in [5.74, 6) is -2.78. The summed E-state index contributed by atoms with van der Waals surface area (Å²) in [4.78, 5) is 22.8. The second-order valence-corrected chi connectivity index (χ2v) is 4.41. The summed E-state index contributed by atoms with van der Waals surface area (Å²) in [6.45, 7) is -0.466. The van der Waals surface area contributed by atoms with Crippen LogP contribution in [-0.4, -0.2) is 18.5 Å². The van der Waals surface area contributed by atoms with Crippen molar-refractivity contribution in [3.63, 3.8) is 0 Å². The van der Waals surface area contributed by atoms with Crippen LogP contribution in [0.25, 0.3) is 0 Å². The molecule has 1 fully saturated rings. The maximum atomic E-state index is 13.2. The lowest BCUT2D eigenvalue weighted by Gasteiger charge is -2.22. The number of amides is 1. The first-order valence-electron chi connectivity index (χ1n) is 5.98. The van der Waals surface area contributed by atoms with E-state index in [4.69, 9.17) is 4.74 Å². The van der Waals surface area contributed by atoms with Crippen molar-refractivity contribution >= 4 is 17.6 Å². The molecule has 0 spiro atoms. The van der Waals surface area contributed by atoms with E-state index in [0.29, 0.717) is 6.07 Å². The lowest BCUT2D eigenvalue weighted by molar-refractivity contribution is -0.154. The van der Waals surface area contributed by atoms with Crippen molar-refractivity contribution in [3.8, 4) is 0 Å². The van der Waals surface area contributed by atoms with Gasteiger partial charge in [0.1, 0.15) is 11.6 Å². The molecule has 1 saturated carbocycles. The average Bonchev–Trinajstić information content (AvgIpc) is 2.28. The number of hydrogen-bond acceptors (Lipinski definition) is 3. The van der Waals surface area contributed by atoms with Gasteiger partial charge in [-0.15, -0.1) is 0 Å². The Balaban J connectivity index is 1.81. The van der Waals surface area contributed by atoms with Gasteiger partial charge in [-0.05, 0) is 25.0 Å². The molecule has 1 aromatic rings. The van der Waals surface area contributed by atoms with E-state index in [-0.39, 0.29) is 11.6 Å². The minimum Gasteiger partial charge on any atom is -0.455 e. The molecular formula is C13H13F2NO3. The van der Waals surface area contributed by atoms with Crippen LogP contribution in [0.15, 0.2) is 18.2 Å². The predicted octanol–water partition coefficient (Wildman–Crippen LogP) is 2.25. The van der Waals surface area contributed by atoms with Crippen LogP contribution >= 0.6 is 0 Å². The summed E-state index contributed by atoms with van der Waals surface area (Å²) in [6.07, 6.45) is 2.56. The maximum absolute atomic E-state index is 13.2. The molecule has 1 amide bonds. The van der Waals surface area contributed by atoms with E-state index < -0.39 is 30.1 Å². The van der Waals surface area contributed by atoms with Crippen LogP contribution in [0.1, 0.15) is 19.3 Å². The fourth-order valence-corrected chi connectivity index (χ4v) is 1.68. The van der Waals surface area contributed by atoms with E-state index >= 15 is 0 Å². The lowest BCUT2D eigenvalue weighted by Crippen LogP contribution is -2.28. The molecule has 0 bridgehead atoms. The van der Waals surface area contributed by atoms with Crippen molar-refractivity contribution in [2.75, 3.05) is 11.9 Å². The van der Waals surface area contributed by atoms with Crippen LogP contribution < -0.4 is 5.32 Å². The van der Waals surface area contributed by atoms with Crippen LogP contribution in [0.2, 0.25) is 0 Å². The molecule has 0 saturated heterocycles. The third-order valence-corrected chi connectivity index (χ3v) is 2.99. The second-order valence-electron chi connectivity index (χ2n) is 4.41. The lowest BCUT2D eigenvalue weighted by atomic mass is 9.86. The van der Waals surface area contributed by atoms with Gasteiger partial charge in [-0.25, -0.2) is 8.78 Å². The summed E-state index contributed by atoms with van der Waals surface area (Å²) in [6, 6.07) is 2.80. The highest BCUT2D eigenvalue weighted by Gasteiger charge is 2.27. The van der Waals surface area contributed by atoms with E-state index in [1.165, 1.54) is 0 Å². The third-order valence-electron chi connectivity index (χ3n) is 2.99. The fourth-order valence-electron chi connectivity index (χ4n) is 1.68. The Bertz CT molecular complexity index is 501. The first kappa shape index (κ1) is 13.5. The van der Waals surface area contributed by atoms with Gasteiger partial charge in [0, 0.05) is 6.07 Å². The number of anilines is 1. The molecule has 1 aromatic carbocycles. The zero-order valence-corrected chi connectivity index (χ0v) is 10.1. The Kier molecular flexibility index (Phi) is 4.09. The molecule has 2 rings (SSSR count). The van der Waals surface area contributed by atoms with Gasteiger partial charge < -0.3 is 10.1 Å². The number of nitrogens with one attached hydrogen (secondary N) is 1. The van der Waals surface area contributed by atoms with Crippen LogP contribution in [0.5, 0.6) is 0 Å². The summed E-state index contributed by atoms with van der Waals surface area (Å²) >= 11 is 0. The topological polar surface area (TPSA) is 55.4 Å². The number of carbonyl (C=O) groups is 2. The number of ether oxygens (including phenoxy) is 1. The standard InChI is InChI=1S/C13H13F2NO3/c14-9-4-5-11(10(15)6-9)16-12(17)7-19-13(18)8-2-1-3-8/h4-6,8H,1-3,7H2,(H,16,17). The van der Waals surface area contributed by atoms with Crippen LogP contribution in [0, 0.1) is 17.6 Å². The van der Waals surface area contributed by atoms with Gasteiger partial charge in [-0.2, -0.15) is 0 Å². The Morgan fingerprint density at radius 2 is 2.05 bits per heavy atom. The molecule has 6 heteroatoms. The fraction of sp³-hybridized carbons (Fsp3) is 0.385. The van der Waals surface area contributed by atoms with Crippen molar-refractivity contribution < 1.29 is 23.1 Å². The van der Waals surface area contributed by atoms with Gasteiger partial charge in [0.2, 0.25) is 0 Å². The second kappa shape index (κ2) is 5.77. The monoisotopic (exact) mass is 269 g/mol. The third kappa shape index (κ3) is 3.49. The molecule has 0 aromatic heterocycles. The quantitative estimate of drug-likeness (QED) is 0.853. The van der Waals surface area contributed by atoms with E-state index in [1.807, 2.05) is 0 Å². The maximum Gasteiger partial charge on any atom is 0.309 e. The summed E-state index contributed by atoms with van der Waals surface area (Å²) in [7, 11) is 0. The van der Waals surface area contributed by atoms with Crippen molar-refractivity contribution in [2.24, 2.45) is 5.92 Å². The van der Waals surface area contributed by atoms with Gasteiger partial charge in [-0.3, -0.25) is 9.59 Å². The normalized spacial score (nSPS) is 14.6. The highest BCUT2D eigenvalue weighted by Crippen LogP contribution is 2.27. The van der Waals surface area contributed by atoms with Gasteiger partial charge in [-0.1, -0.05) is 6.42 Å². The molecular weight excluding hydrogens is 256 g/mol. The highest BCUT2D eigenvalue weighted by atomic mass is 19.1. The molecule has 0 aliphatic heterocycles. The van der Waals surface area contributed by atoms with Crippen LogP contribution in [0.4, 0.5) is 14.5 Å². The molecule has 0 atom stereocenters. The van der Waals surface area contributed by atoms with Crippen LogP contribution in [0.3, 0.4) is 0 Å². The minimum atomic E-state index is -0.876. The first-order valence-corrected chi connectivity index (χ1v) is 5.98. The average molecular weight is 269 g/mol. The van der Waals surface area contributed by atoms with E-state index in [0.717, 1.165) is 31.4 Å². The van der Waals surface area contributed by atoms with Gasteiger partial charge in [0.15, 0.2) is 6.61 Å². The molecule has 4 nitrogen and oxygen atoms in total. The molecule has 0 radical (unpaired) electrons. The Morgan fingerprint density at radius 1 is 1.32 bits per heavy atom. The van der Waals surface area contributed by atoms with Crippen molar-refractivity contribution in [1.29, 1.82) is 0 Å². The first-order chi connectivity index (χ1) is 9.06. The summed E-state index contributed by atoms with van der Waals surface area (Å²) in [5.41, 5.74) is -0.147. The molecule has 102 valence electrons. The zero-order valence-electron chi connectivity index (χ0n) is 10.1. The largest absolute Gasteiger partial charge is 0.455 e. The molecule has 0 unspecified atom stereocenters. The smallest absolute Gasteiger partial charge is 0.309 e. The molecule has 0 heterocycles. The molecule has 1 aliphatic rings. The zero-order chi connectivity index (χ0) is 13.8. The Hall–Kier alpha value is -1.98. The van der Waals surface area contributed by atoms with Crippen molar-refractivity contribution in [2.45, 2.75) is 19.3 Å². The van der Waals surface area contributed by atoms with E-state index in [2.05, 4.69) is 5.32 Å². The number of esters is 1. The van der Waals surface area contributed by atoms with Crippen molar-refractivity contribution in [3.05, 3.63) is 29.8 Å². The molecule has 19 heavy (non-hydrogen) atoms. The molecule has 1 aliphatic carbocycles. The number of rotatable bonds is 4. The molecule has 1 N–H and O–H groups in total. The van der Waals surface area contributed by atoms with Gasteiger partial charge in [0.05, 0.1) is 11.6 Å². The van der Waals surface area contributed by atoms with E-state index in [9.17, 15) is 18.4 Å². The SMILES string of the molecule is O=C(COC(=O)C1CCC1)Nc1ccc(F)cc1F. The number of benzene rings is 1. The Morgan fingerprint density at radius 3 is 2.63 bits per heavy atom. The van der Waals surface area contributed by atoms with Crippen LogP contribution in [-0.2, 0) is 14.3 Å². The minimum absolute atomic E-state index is 0.115. The van der Waals surface area contributed by atoms with E-state index in [1.54, 1.807) is 0 Å². The summed E-state index contributed by atoms with van der Waals surface area (Å²) < 4.78 is 30.7. The number of halogens is 2. The van der Waals surface area contributed by atoms with Gasteiger partial charge in [0.25, 0.3) is 5.91 Å². The summed E-state index contributed by atoms with van der Waals surface area (Å²) in [5, 5.41) is 2.21. The Labute approximate surface area is 108 Å². The highest BCUT2D eigenvalue weighted by molar-refractivity contribution is 5.93. The predicted molar refractivity (Wildman–Crippen MR) is 63.3 cm³/mol. The number of carbonyl (C=O) groups excluding carboxylic acids is 2. The van der Waals surface area contributed by atoms with Crippen molar-refractivity contribution in [1.82, 2.24) is 0 Å². The van der Waals surface area contributed by atoms with Gasteiger partial charge >= 0.3 is 5.97 Å².